The molecule has 0 unspecified atom stereocenters. The van der Waals surface area contributed by atoms with Crippen LogP contribution in [-0.2, 0) is 13.1 Å². The van der Waals surface area contributed by atoms with Crippen molar-refractivity contribution in [1.29, 1.82) is 0 Å². The number of nitrogen functional groups attached to an aromatic ring is 1. The largest absolute Gasteiger partial charge is 0.398 e. The Bertz CT molecular complexity index is 1090. The summed E-state index contributed by atoms with van der Waals surface area (Å²) in [6.45, 7) is 6.41. The van der Waals surface area contributed by atoms with E-state index in [1.165, 1.54) is 11.3 Å². The van der Waals surface area contributed by atoms with Gasteiger partial charge in [-0.05, 0) is 11.6 Å². The number of imidazole rings is 1. The van der Waals surface area contributed by atoms with Crippen molar-refractivity contribution < 1.29 is 0 Å². The van der Waals surface area contributed by atoms with Gasteiger partial charge < -0.3 is 5.73 Å². The normalized spacial score (nSPS) is 15.9. The van der Waals surface area contributed by atoms with E-state index in [9.17, 15) is 0 Å². The Morgan fingerprint density at radius 3 is 2.31 bits per heavy atom. The predicted molar refractivity (Wildman–Crippen MR) is 120 cm³/mol. The second-order valence-corrected chi connectivity index (χ2v) is 8.47. The number of nitrogens with zero attached hydrogens (tertiary/aromatic N) is 4. The lowest BCUT2D eigenvalue weighted by atomic mass is 10.1. The number of hydrogen-bond acceptors (Lipinski definition) is 5. The van der Waals surface area contributed by atoms with Crippen molar-refractivity contribution in [3.8, 4) is 11.3 Å². The molecule has 5 rings (SSSR count). The van der Waals surface area contributed by atoms with Crippen LogP contribution in [0.25, 0.3) is 16.2 Å². The van der Waals surface area contributed by atoms with Crippen LogP contribution in [0.3, 0.4) is 0 Å². The number of hydrogen-bond donors (Lipinski definition) is 1. The van der Waals surface area contributed by atoms with Crippen molar-refractivity contribution in [3.63, 3.8) is 0 Å². The van der Waals surface area contributed by atoms with Gasteiger partial charge in [-0.1, -0.05) is 48.5 Å². The quantitative estimate of drug-likeness (QED) is 0.513. The summed E-state index contributed by atoms with van der Waals surface area (Å²) in [5.41, 5.74) is 11.6. The minimum Gasteiger partial charge on any atom is -0.398 e. The van der Waals surface area contributed by atoms with Gasteiger partial charge in [-0.2, -0.15) is 0 Å². The summed E-state index contributed by atoms with van der Waals surface area (Å²) < 4.78 is 2.22. The van der Waals surface area contributed by atoms with Crippen molar-refractivity contribution in [2.45, 2.75) is 13.1 Å². The summed E-state index contributed by atoms with van der Waals surface area (Å²) in [6, 6.07) is 18.7. The van der Waals surface area contributed by atoms with Gasteiger partial charge in [0.2, 0.25) is 0 Å². The topological polar surface area (TPSA) is 49.8 Å². The zero-order valence-electron chi connectivity index (χ0n) is 16.4. The fourth-order valence-electron chi connectivity index (χ4n) is 3.98. The van der Waals surface area contributed by atoms with Crippen molar-refractivity contribution >= 4 is 22.0 Å². The third-order valence-electron chi connectivity index (χ3n) is 5.62. The summed E-state index contributed by atoms with van der Waals surface area (Å²) in [5.74, 6) is 0. The molecule has 1 fully saturated rings. The van der Waals surface area contributed by atoms with E-state index >= 15 is 0 Å². The van der Waals surface area contributed by atoms with Gasteiger partial charge in [0, 0.05) is 67.8 Å². The van der Waals surface area contributed by atoms with Crippen molar-refractivity contribution in [1.82, 2.24) is 19.2 Å². The number of rotatable bonds is 5. The van der Waals surface area contributed by atoms with E-state index < -0.39 is 0 Å². The van der Waals surface area contributed by atoms with E-state index in [2.05, 4.69) is 56.1 Å². The van der Waals surface area contributed by atoms with Gasteiger partial charge in [-0.15, -0.1) is 11.3 Å². The van der Waals surface area contributed by atoms with Crippen LogP contribution < -0.4 is 5.73 Å². The van der Waals surface area contributed by atoms with E-state index in [0.717, 1.165) is 61.2 Å². The summed E-state index contributed by atoms with van der Waals surface area (Å²) in [4.78, 5) is 10.9. The van der Waals surface area contributed by atoms with Gasteiger partial charge in [0.15, 0.2) is 4.96 Å². The lowest BCUT2D eigenvalue weighted by Crippen LogP contribution is -2.45. The van der Waals surface area contributed by atoms with Crippen LogP contribution in [0.2, 0.25) is 0 Å². The highest BCUT2D eigenvalue weighted by atomic mass is 32.1. The van der Waals surface area contributed by atoms with E-state index in [4.69, 9.17) is 10.7 Å². The van der Waals surface area contributed by atoms with Gasteiger partial charge in [0.1, 0.15) is 0 Å². The number of nitrogens with two attached hydrogens (primary N) is 1. The first-order chi connectivity index (χ1) is 14.3. The molecular weight excluding hydrogens is 378 g/mol. The minimum atomic E-state index is 0.773. The molecule has 0 saturated carbocycles. The summed E-state index contributed by atoms with van der Waals surface area (Å²) >= 11 is 1.70. The number of thiazole rings is 1. The van der Waals surface area contributed by atoms with Crippen LogP contribution in [0.15, 0.2) is 66.2 Å². The number of benzene rings is 2. The van der Waals surface area contributed by atoms with E-state index in [1.807, 2.05) is 24.3 Å². The molecule has 0 spiro atoms. The molecule has 0 radical (unpaired) electrons. The zero-order chi connectivity index (χ0) is 19.6. The number of para-hydroxylation sites is 1. The predicted octanol–water partition coefficient (Wildman–Crippen LogP) is 3.96. The molecule has 1 aliphatic rings. The lowest BCUT2D eigenvalue weighted by molar-refractivity contribution is 0.121. The molecular formula is C23H25N5S. The number of fused-ring (bicyclic) bond motifs is 1. The number of anilines is 1. The third kappa shape index (κ3) is 3.92. The molecule has 0 amide bonds. The highest BCUT2D eigenvalue weighted by molar-refractivity contribution is 7.15. The number of aromatic nitrogens is 2. The molecule has 0 bridgehead atoms. The molecule has 1 saturated heterocycles. The molecule has 0 aliphatic carbocycles. The summed E-state index contributed by atoms with van der Waals surface area (Å²) in [7, 11) is 0. The Kier molecular flexibility index (Phi) is 5.06. The monoisotopic (exact) mass is 403 g/mol. The smallest absolute Gasteiger partial charge is 0.194 e. The van der Waals surface area contributed by atoms with Crippen molar-refractivity contribution in [2.24, 2.45) is 0 Å². The second-order valence-electron chi connectivity index (χ2n) is 7.63. The van der Waals surface area contributed by atoms with Crippen LogP contribution >= 0.6 is 11.3 Å². The zero-order valence-corrected chi connectivity index (χ0v) is 17.2. The maximum atomic E-state index is 6.14. The maximum absolute atomic E-state index is 6.14. The molecule has 2 aromatic heterocycles. The van der Waals surface area contributed by atoms with Crippen LogP contribution in [0, 0.1) is 0 Å². The van der Waals surface area contributed by atoms with Crippen LogP contribution in [0.5, 0.6) is 0 Å². The van der Waals surface area contributed by atoms with Gasteiger partial charge in [0.05, 0.1) is 5.69 Å². The SMILES string of the molecule is Nc1ccccc1-c1cn2c(CN3CCN(Cc4ccccc4)CC3)csc2n1. The molecule has 2 N–H and O–H groups in total. The maximum Gasteiger partial charge on any atom is 0.194 e. The Hall–Kier alpha value is -2.67. The first kappa shape index (κ1) is 18.4. The average Bonchev–Trinajstić information content (AvgIpc) is 3.32. The molecule has 3 heterocycles. The van der Waals surface area contributed by atoms with E-state index in [-0.39, 0.29) is 0 Å². The Balaban J connectivity index is 1.25. The third-order valence-corrected chi connectivity index (χ3v) is 6.51. The fourth-order valence-corrected chi connectivity index (χ4v) is 4.84. The van der Waals surface area contributed by atoms with Crippen molar-refractivity contribution in [3.05, 3.63) is 77.4 Å². The van der Waals surface area contributed by atoms with Crippen LogP contribution in [0.1, 0.15) is 11.3 Å². The molecule has 148 valence electrons. The fraction of sp³-hybridized carbons (Fsp3) is 0.261. The second kappa shape index (κ2) is 7.99. The summed E-state index contributed by atoms with van der Waals surface area (Å²) in [6.07, 6.45) is 2.12. The highest BCUT2D eigenvalue weighted by Gasteiger charge is 2.19. The Labute approximate surface area is 175 Å². The molecule has 5 nitrogen and oxygen atoms in total. The average molecular weight is 404 g/mol. The van der Waals surface area contributed by atoms with E-state index in [1.54, 1.807) is 11.3 Å². The van der Waals surface area contributed by atoms with Gasteiger partial charge in [-0.25, -0.2) is 4.98 Å². The standard InChI is InChI=1S/C23H25N5S/c24-21-9-5-4-8-20(21)22-16-28-19(17-29-23(28)25-22)15-27-12-10-26(11-13-27)14-18-6-2-1-3-7-18/h1-9,16-17H,10-15,24H2. The van der Waals surface area contributed by atoms with Crippen LogP contribution in [-0.4, -0.2) is 45.4 Å². The lowest BCUT2D eigenvalue weighted by Gasteiger charge is -2.34. The number of piperazine rings is 1. The molecule has 4 aromatic rings. The molecule has 0 atom stereocenters. The van der Waals surface area contributed by atoms with Gasteiger partial charge >= 0.3 is 0 Å². The van der Waals surface area contributed by atoms with E-state index in [0.29, 0.717) is 0 Å². The Morgan fingerprint density at radius 1 is 0.862 bits per heavy atom. The first-order valence-electron chi connectivity index (χ1n) is 10.1. The first-order valence-corrected chi connectivity index (χ1v) is 10.9. The molecule has 2 aromatic carbocycles. The van der Waals surface area contributed by atoms with Crippen molar-refractivity contribution in [2.75, 3.05) is 31.9 Å². The molecule has 29 heavy (non-hydrogen) atoms. The minimum absolute atomic E-state index is 0.773. The van der Waals surface area contributed by atoms with Gasteiger partial charge in [0.25, 0.3) is 0 Å². The Morgan fingerprint density at radius 2 is 1.55 bits per heavy atom. The molecule has 1 aliphatic heterocycles. The van der Waals surface area contributed by atoms with Gasteiger partial charge in [-0.3, -0.25) is 14.2 Å². The molecule has 6 heteroatoms. The highest BCUT2D eigenvalue weighted by Crippen LogP contribution is 2.28. The summed E-state index contributed by atoms with van der Waals surface area (Å²) in [5, 5.41) is 2.23. The van der Waals surface area contributed by atoms with Crippen LogP contribution in [0.4, 0.5) is 5.69 Å².